The first kappa shape index (κ1) is 39.3. The number of benzene rings is 4. The summed E-state index contributed by atoms with van der Waals surface area (Å²) in [7, 11) is -0.284. The number of sulfonamides is 1. The van der Waals surface area contributed by atoms with Crippen LogP contribution in [0.5, 0.6) is 5.75 Å². The zero-order valence-corrected chi connectivity index (χ0v) is 29.5. The molecule has 0 bridgehead atoms. The molecule has 4 rings (SSSR count). The number of hydrogen-bond acceptors (Lipinski definition) is 9. The Balaban J connectivity index is 0.000000321. The van der Waals surface area contributed by atoms with Crippen molar-refractivity contribution in [1.82, 2.24) is 5.01 Å². The van der Waals surface area contributed by atoms with Crippen LogP contribution in [0.4, 0.5) is 11.4 Å². The molecule has 0 amide bonds. The third-order valence-corrected chi connectivity index (χ3v) is 8.47. The van der Waals surface area contributed by atoms with Gasteiger partial charge in [0, 0.05) is 18.3 Å². The van der Waals surface area contributed by atoms with E-state index in [-0.39, 0.29) is 17.3 Å². The molecular weight excluding hydrogens is 628 g/mol. The van der Waals surface area contributed by atoms with Crippen LogP contribution < -0.4 is 9.46 Å². The van der Waals surface area contributed by atoms with Crippen LogP contribution in [0.3, 0.4) is 0 Å². The van der Waals surface area contributed by atoms with E-state index in [4.69, 9.17) is 9.84 Å². The van der Waals surface area contributed by atoms with Crippen molar-refractivity contribution in [3.05, 3.63) is 113 Å². The van der Waals surface area contributed by atoms with Gasteiger partial charge in [0.25, 0.3) is 10.0 Å². The average molecular weight is 675 g/mol. The first-order chi connectivity index (χ1) is 23.0. The second-order valence-electron chi connectivity index (χ2n) is 10.3. The fourth-order valence-electron chi connectivity index (χ4n) is 4.47. The molecular formula is C37H46N4O6S. The van der Waals surface area contributed by atoms with Crippen molar-refractivity contribution >= 4 is 32.9 Å². The molecule has 4 aromatic rings. The summed E-state index contributed by atoms with van der Waals surface area (Å²) in [6, 6.07) is 26.3. The lowest BCUT2D eigenvalue weighted by atomic mass is 9.98. The fourth-order valence-corrected chi connectivity index (χ4v) is 5.53. The SMILES string of the molecule is CC.CC/C(=N\N(C)CCO)c1ccc(-c2ccc(N=O)c(CC)c2)cc1.COc1ccc(NS(=O)(=O)c2ccc(C(C)=O)cc2)cc1. The maximum absolute atomic E-state index is 12.2. The first-order valence-corrected chi connectivity index (χ1v) is 17.3. The molecule has 0 saturated heterocycles. The summed E-state index contributed by atoms with van der Waals surface area (Å²) in [5, 5.41) is 18.4. The second-order valence-corrected chi connectivity index (χ2v) is 12.0. The van der Waals surface area contributed by atoms with E-state index in [1.807, 2.05) is 40.0 Å². The number of rotatable bonds is 13. The normalized spacial score (nSPS) is 10.9. The number of ketones is 1. The number of aryl methyl sites for hydroxylation is 1. The third kappa shape index (κ3) is 11.4. The fraction of sp³-hybridized carbons (Fsp3) is 0.297. The molecule has 0 heterocycles. The molecule has 0 aromatic heterocycles. The topological polar surface area (TPSA) is 138 Å². The van der Waals surface area contributed by atoms with Gasteiger partial charge < -0.3 is 9.84 Å². The van der Waals surface area contributed by atoms with Gasteiger partial charge in [-0.1, -0.05) is 70.2 Å². The number of methoxy groups -OCH3 is 1. The molecule has 0 fully saturated rings. The van der Waals surface area contributed by atoms with E-state index in [1.165, 1.54) is 38.3 Å². The number of nitrogens with one attached hydrogen (secondary N) is 1. The van der Waals surface area contributed by atoms with E-state index < -0.39 is 10.0 Å². The Hall–Kier alpha value is -4.87. The molecule has 0 aliphatic carbocycles. The molecule has 11 heteroatoms. The molecule has 0 saturated carbocycles. The number of aliphatic hydroxyl groups is 1. The van der Waals surface area contributed by atoms with E-state index in [0.717, 1.165) is 40.8 Å². The summed E-state index contributed by atoms with van der Waals surface area (Å²) < 4.78 is 31.9. The highest BCUT2D eigenvalue weighted by atomic mass is 32.2. The monoisotopic (exact) mass is 674 g/mol. The van der Waals surface area contributed by atoms with Crippen molar-refractivity contribution < 1.29 is 23.1 Å². The number of hydrazone groups is 1. The molecule has 0 aliphatic heterocycles. The summed E-state index contributed by atoms with van der Waals surface area (Å²) in [5.74, 6) is 0.533. The Labute approximate surface area is 284 Å². The highest BCUT2D eigenvalue weighted by molar-refractivity contribution is 7.92. The molecule has 4 aromatic carbocycles. The Morgan fingerprint density at radius 3 is 1.96 bits per heavy atom. The summed E-state index contributed by atoms with van der Waals surface area (Å²) >= 11 is 0. The van der Waals surface area contributed by atoms with Gasteiger partial charge in [0.1, 0.15) is 11.4 Å². The van der Waals surface area contributed by atoms with E-state index >= 15 is 0 Å². The smallest absolute Gasteiger partial charge is 0.261 e. The predicted molar refractivity (Wildman–Crippen MR) is 195 cm³/mol. The molecule has 48 heavy (non-hydrogen) atoms. The zero-order valence-electron chi connectivity index (χ0n) is 28.7. The van der Waals surface area contributed by atoms with Crippen LogP contribution in [-0.2, 0) is 16.4 Å². The molecule has 10 nitrogen and oxygen atoms in total. The standard InChI is InChI=1S/C20H25N3O2.C15H15NO4S.C2H6/c1-4-15-14-18(10-11-20(15)22-25)16-6-8-17(9-7-16)19(5-2)21-23(3)12-13-24;1-11(17)12-3-9-15(10-4-12)21(18,19)16-13-5-7-14(20-2)8-6-13;1-2/h6-11,14,24H,4-5,12-13H2,1-3H3;3-10,16H,1-2H3;1-2H3/b21-19+;;. The maximum atomic E-state index is 12.2. The second kappa shape index (κ2) is 19.7. The van der Waals surface area contributed by atoms with Crippen molar-refractivity contribution in [2.24, 2.45) is 10.3 Å². The van der Waals surface area contributed by atoms with Crippen molar-refractivity contribution in [3.63, 3.8) is 0 Å². The molecule has 2 N–H and O–H groups in total. The third-order valence-electron chi connectivity index (χ3n) is 7.07. The van der Waals surface area contributed by atoms with Crippen LogP contribution in [0.1, 0.15) is 62.5 Å². The number of nitrogens with zero attached hydrogens (tertiary/aromatic N) is 3. The quantitative estimate of drug-likeness (QED) is 0.0633. The lowest BCUT2D eigenvalue weighted by molar-refractivity contribution is 0.101. The van der Waals surface area contributed by atoms with Gasteiger partial charge >= 0.3 is 0 Å². The number of hydrogen-bond donors (Lipinski definition) is 2. The minimum Gasteiger partial charge on any atom is -0.497 e. The first-order valence-electron chi connectivity index (χ1n) is 15.8. The number of carbonyl (C=O) groups excluding carboxylic acids is 1. The predicted octanol–water partition coefficient (Wildman–Crippen LogP) is 8.08. The number of carbonyl (C=O) groups is 1. The summed E-state index contributed by atoms with van der Waals surface area (Å²) in [6.07, 6.45) is 1.59. The maximum Gasteiger partial charge on any atom is 0.261 e. The number of anilines is 1. The summed E-state index contributed by atoms with van der Waals surface area (Å²) in [5.41, 5.74) is 6.59. The number of likely N-dealkylation sites (N-methyl/N-ethyl adjacent to an activating group) is 1. The van der Waals surface area contributed by atoms with Crippen LogP contribution >= 0.6 is 0 Å². The van der Waals surface area contributed by atoms with Crippen LogP contribution in [0, 0.1) is 4.91 Å². The number of aliphatic hydroxyl groups excluding tert-OH is 1. The largest absolute Gasteiger partial charge is 0.497 e. The minimum atomic E-state index is -3.68. The lowest BCUT2D eigenvalue weighted by Gasteiger charge is -2.14. The molecule has 0 spiro atoms. The van der Waals surface area contributed by atoms with Crippen molar-refractivity contribution in [3.8, 4) is 16.9 Å². The molecule has 0 aliphatic rings. The van der Waals surface area contributed by atoms with Crippen molar-refractivity contribution in [2.75, 3.05) is 32.0 Å². The number of nitroso groups, excluding NO2 is 1. The summed E-state index contributed by atoms with van der Waals surface area (Å²) in [6.45, 7) is 10.1. The van der Waals surface area contributed by atoms with Gasteiger partial charge in [0.2, 0.25) is 0 Å². The Morgan fingerprint density at radius 1 is 0.875 bits per heavy atom. The lowest BCUT2D eigenvalue weighted by Crippen LogP contribution is -2.18. The van der Waals surface area contributed by atoms with Crippen LogP contribution in [0.15, 0.2) is 106 Å². The number of ether oxygens (including phenoxy) is 1. The van der Waals surface area contributed by atoms with Gasteiger partial charge in [-0.2, -0.15) is 5.10 Å². The van der Waals surface area contributed by atoms with Crippen molar-refractivity contribution in [2.45, 2.75) is 52.4 Å². The Kier molecular flexibility index (Phi) is 16.1. The van der Waals surface area contributed by atoms with Gasteiger partial charge in [-0.3, -0.25) is 14.5 Å². The average Bonchev–Trinajstić information content (AvgIpc) is 3.12. The van der Waals surface area contributed by atoms with Gasteiger partial charge in [0.15, 0.2) is 5.78 Å². The Morgan fingerprint density at radius 2 is 1.46 bits per heavy atom. The minimum absolute atomic E-state index is 0.0847. The van der Waals surface area contributed by atoms with E-state index in [9.17, 15) is 18.1 Å². The highest BCUT2D eigenvalue weighted by Gasteiger charge is 2.14. The van der Waals surface area contributed by atoms with Gasteiger partial charge in [0.05, 0.1) is 30.9 Å². The van der Waals surface area contributed by atoms with Crippen LogP contribution in [-0.4, -0.2) is 57.3 Å². The van der Waals surface area contributed by atoms with Crippen LogP contribution in [0.25, 0.3) is 11.1 Å². The molecule has 256 valence electrons. The molecule has 0 unspecified atom stereocenters. The zero-order chi connectivity index (χ0) is 35.7. The van der Waals surface area contributed by atoms with E-state index in [1.54, 1.807) is 35.3 Å². The van der Waals surface area contributed by atoms with Crippen LogP contribution in [0.2, 0.25) is 0 Å². The number of Topliss-reactive ketones (excluding diaryl/α,β-unsaturated/α-hetero) is 1. The van der Waals surface area contributed by atoms with Gasteiger partial charge in [-0.05, 0) is 95.7 Å². The van der Waals surface area contributed by atoms with E-state index in [0.29, 0.717) is 29.2 Å². The van der Waals surface area contributed by atoms with Gasteiger partial charge in [-0.25, -0.2) is 8.42 Å². The highest BCUT2D eigenvalue weighted by Crippen LogP contribution is 2.28. The molecule has 0 radical (unpaired) electrons. The van der Waals surface area contributed by atoms with E-state index in [2.05, 4.69) is 46.2 Å². The Bertz CT molecular complexity index is 1740. The summed E-state index contributed by atoms with van der Waals surface area (Å²) in [4.78, 5) is 22.1. The molecule has 0 atom stereocenters. The van der Waals surface area contributed by atoms with Crippen molar-refractivity contribution in [1.29, 1.82) is 0 Å². The van der Waals surface area contributed by atoms with Gasteiger partial charge in [-0.15, -0.1) is 4.91 Å².